The first-order chi connectivity index (χ1) is 9.08. The van der Waals surface area contributed by atoms with Crippen molar-refractivity contribution in [1.29, 1.82) is 0 Å². The maximum Gasteiger partial charge on any atom is 0.255 e. The van der Waals surface area contributed by atoms with Gasteiger partial charge >= 0.3 is 0 Å². The van der Waals surface area contributed by atoms with Gasteiger partial charge < -0.3 is 15.0 Å². The number of halogens is 2. The van der Waals surface area contributed by atoms with Crippen LogP contribution in [-0.2, 0) is 4.74 Å². The molecule has 1 saturated heterocycles. The zero-order chi connectivity index (χ0) is 13.8. The summed E-state index contributed by atoms with van der Waals surface area (Å²) in [5.41, 5.74) is 0.417. The monoisotopic (exact) mass is 302 g/mol. The van der Waals surface area contributed by atoms with Crippen molar-refractivity contribution in [3.63, 3.8) is 0 Å². The van der Waals surface area contributed by atoms with Crippen LogP contribution in [0.5, 0.6) is 0 Å². The fourth-order valence-corrected chi connectivity index (χ4v) is 2.36. The molecular weight excluding hydrogens is 287 g/mol. The topological polar surface area (TPSA) is 41.6 Å². The lowest BCUT2D eigenvalue weighted by molar-refractivity contribution is 0.0104. The third-order valence-corrected chi connectivity index (χ3v) is 3.55. The number of hydrogen-bond donors (Lipinski definition) is 1. The highest BCUT2D eigenvalue weighted by atomic mass is 35.5. The number of carbonyl (C=O) groups excluding carboxylic acids is 1. The van der Waals surface area contributed by atoms with Crippen LogP contribution < -0.4 is 5.32 Å². The van der Waals surface area contributed by atoms with Crippen molar-refractivity contribution >= 4 is 29.1 Å². The number of benzene rings is 1. The van der Waals surface area contributed by atoms with E-state index < -0.39 is 0 Å². The quantitative estimate of drug-likeness (QED) is 0.929. The third kappa shape index (κ3) is 3.83. The number of nitrogens with zero attached hydrogens (tertiary/aromatic N) is 1. The normalized spacial score (nSPS) is 19.2. The number of amides is 1. The minimum atomic E-state index is -0.151. The molecule has 1 atom stereocenters. The van der Waals surface area contributed by atoms with E-state index in [0.29, 0.717) is 28.8 Å². The van der Waals surface area contributed by atoms with Gasteiger partial charge in [-0.3, -0.25) is 4.79 Å². The van der Waals surface area contributed by atoms with Crippen molar-refractivity contribution in [3.8, 4) is 0 Å². The van der Waals surface area contributed by atoms with Gasteiger partial charge in [-0.1, -0.05) is 23.2 Å². The number of morpholine rings is 1. The Morgan fingerprint density at radius 2 is 2.32 bits per heavy atom. The van der Waals surface area contributed by atoms with Gasteiger partial charge in [0.15, 0.2) is 0 Å². The first-order valence-corrected chi connectivity index (χ1v) is 6.86. The maximum absolute atomic E-state index is 12.3. The molecule has 6 heteroatoms. The van der Waals surface area contributed by atoms with Crippen LogP contribution in [0.2, 0.25) is 10.0 Å². The Morgan fingerprint density at radius 1 is 1.53 bits per heavy atom. The zero-order valence-corrected chi connectivity index (χ0v) is 12.2. The molecule has 0 radical (unpaired) electrons. The molecule has 0 spiro atoms. The maximum atomic E-state index is 12.3. The van der Waals surface area contributed by atoms with Crippen LogP contribution in [0, 0.1) is 0 Å². The molecule has 1 aliphatic rings. The molecule has 0 bridgehead atoms. The van der Waals surface area contributed by atoms with Crippen molar-refractivity contribution in [2.24, 2.45) is 0 Å². The van der Waals surface area contributed by atoms with Gasteiger partial charge in [-0.2, -0.15) is 0 Å². The Morgan fingerprint density at radius 3 is 3.00 bits per heavy atom. The lowest BCUT2D eigenvalue weighted by Crippen LogP contribution is -2.45. The highest BCUT2D eigenvalue weighted by Gasteiger charge is 2.21. The van der Waals surface area contributed by atoms with E-state index in [-0.39, 0.29) is 12.0 Å². The van der Waals surface area contributed by atoms with E-state index in [1.54, 1.807) is 30.1 Å². The van der Waals surface area contributed by atoms with Crippen LogP contribution in [-0.4, -0.2) is 50.2 Å². The van der Waals surface area contributed by atoms with Crippen molar-refractivity contribution in [3.05, 3.63) is 33.8 Å². The van der Waals surface area contributed by atoms with Gasteiger partial charge in [-0.05, 0) is 18.2 Å². The number of rotatable bonds is 3. The summed E-state index contributed by atoms with van der Waals surface area (Å²) in [4.78, 5) is 13.9. The smallest absolute Gasteiger partial charge is 0.255 e. The molecule has 1 unspecified atom stereocenters. The minimum Gasteiger partial charge on any atom is -0.374 e. The van der Waals surface area contributed by atoms with Gasteiger partial charge in [0.1, 0.15) is 0 Å². The molecule has 19 heavy (non-hydrogen) atoms. The molecule has 1 aliphatic heterocycles. The summed E-state index contributed by atoms with van der Waals surface area (Å²) in [6, 6.07) is 4.88. The Balaban J connectivity index is 2.03. The van der Waals surface area contributed by atoms with Crippen LogP contribution in [0.3, 0.4) is 0 Å². The average Bonchev–Trinajstić information content (AvgIpc) is 2.42. The van der Waals surface area contributed by atoms with Crippen LogP contribution in [0.25, 0.3) is 0 Å². The molecule has 104 valence electrons. The second-order valence-electron chi connectivity index (χ2n) is 4.51. The van der Waals surface area contributed by atoms with Gasteiger partial charge in [0.2, 0.25) is 0 Å². The third-order valence-electron chi connectivity index (χ3n) is 2.99. The summed E-state index contributed by atoms with van der Waals surface area (Å²) >= 11 is 11.9. The molecule has 1 N–H and O–H groups in total. The molecule has 1 aromatic carbocycles. The number of hydrogen-bond acceptors (Lipinski definition) is 3. The lowest BCUT2D eigenvalue weighted by atomic mass is 10.2. The molecule has 1 fully saturated rings. The summed E-state index contributed by atoms with van der Waals surface area (Å²) in [6.07, 6.45) is 0.0145. The van der Waals surface area contributed by atoms with E-state index in [4.69, 9.17) is 27.9 Å². The summed E-state index contributed by atoms with van der Waals surface area (Å²) in [6.45, 7) is 2.80. The van der Waals surface area contributed by atoms with E-state index in [2.05, 4.69) is 5.32 Å². The molecule has 1 aromatic rings. The van der Waals surface area contributed by atoms with Crippen LogP contribution >= 0.6 is 23.2 Å². The van der Waals surface area contributed by atoms with Gasteiger partial charge in [0.25, 0.3) is 5.91 Å². The van der Waals surface area contributed by atoms with E-state index in [9.17, 15) is 4.79 Å². The van der Waals surface area contributed by atoms with Gasteiger partial charge in [0, 0.05) is 31.7 Å². The Kier molecular flexibility index (Phi) is 5.05. The van der Waals surface area contributed by atoms with Crippen molar-refractivity contribution in [1.82, 2.24) is 10.2 Å². The summed E-state index contributed by atoms with van der Waals surface area (Å²) in [7, 11) is 1.73. The lowest BCUT2D eigenvalue weighted by Gasteiger charge is -2.28. The summed E-state index contributed by atoms with van der Waals surface area (Å²) in [5.74, 6) is -0.151. The van der Waals surface area contributed by atoms with Gasteiger partial charge in [-0.15, -0.1) is 0 Å². The number of carbonyl (C=O) groups is 1. The van der Waals surface area contributed by atoms with Crippen molar-refractivity contribution in [2.45, 2.75) is 6.10 Å². The minimum absolute atomic E-state index is 0.0145. The molecular formula is C13H16Cl2N2O2. The molecule has 2 rings (SSSR count). The molecule has 4 nitrogen and oxygen atoms in total. The van der Waals surface area contributed by atoms with E-state index >= 15 is 0 Å². The second kappa shape index (κ2) is 6.57. The summed E-state index contributed by atoms with van der Waals surface area (Å²) in [5, 5.41) is 4.13. The first-order valence-electron chi connectivity index (χ1n) is 6.11. The van der Waals surface area contributed by atoms with Crippen LogP contribution in [0.15, 0.2) is 18.2 Å². The predicted octanol–water partition coefficient (Wildman–Crippen LogP) is 2.05. The van der Waals surface area contributed by atoms with Gasteiger partial charge in [-0.25, -0.2) is 0 Å². The first kappa shape index (κ1) is 14.6. The highest BCUT2D eigenvalue weighted by Crippen LogP contribution is 2.22. The highest BCUT2D eigenvalue weighted by molar-refractivity contribution is 6.35. The molecule has 0 aliphatic carbocycles. The van der Waals surface area contributed by atoms with Crippen LogP contribution in [0.4, 0.5) is 0 Å². The molecule has 0 saturated carbocycles. The molecule has 1 amide bonds. The average molecular weight is 303 g/mol. The van der Waals surface area contributed by atoms with E-state index in [1.807, 2.05) is 0 Å². The van der Waals surface area contributed by atoms with Crippen molar-refractivity contribution in [2.75, 3.05) is 33.3 Å². The Hall–Kier alpha value is -0.810. The summed E-state index contributed by atoms with van der Waals surface area (Å²) < 4.78 is 5.57. The zero-order valence-electron chi connectivity index (χ0n) is 10.7. The SMILES string of the molecule is CN(CC1CNCCO1)C(=O)c1cc(Cl)ccc1Cl. The fraction of sp³-hybridized carbons (Fsp3) is 0.462. The van der Waals surface area contributed by atoms with E-state index in [0.717, 1.165) is 13.1 Å². The van der Waals surface area contributed by atoms with Crippen LogP contribution in [0.1, 0.15) is 10.4 Å². The predicted molar refractivity (Wildman–Crippen MR) is 76.0 cm³/mol. The Bertz CT molecular complexity index is 462. The number of nitrogens with one attached hydrogen (secondary N) is 1. The van der Waals surface area contributed by atoms with Crippen molar-refractivity contribution < 1.29 is 9.53 Å². The molecule has 0 aromatic heterocycles. The van der Waals surface area contributed by atoms with Gasteiger partial charge in [0.05, 0.1) is 23.3 Å². The number of ether oxygens (including phenoxy) is 1. The standard InChI is InChI=1S/C13H16Cl2N2O2/c1-17(8-10-7-16-4-5-19-10)13(18)11-6-9(14)2-3-12(11)15/h2-3,6,10,16H,4-5,7-8H2,1H3. The number of likely N-dealkylation sites (N-methyl/N-ethyl adjacent to an activating group) is 1. The Labute approximate surface area is 122 Å². The molecule has 1 heterocycles. The largest absolute Gasteiger partial charge is 0.374 e. The fourth-order valence-electron chi connectivity index (χ4n) is 1.99. The second-order valence-corrected chi connectivity index (χ2v) is 5.35. The van der Waals surface area contributed by atoms with E-state index in [1.165, 1.54) is 0 Å².